The largest absolute Gasteiger partial charge is 0.481 e. The molecule has 0 aliphatic carbocycles. The maximum atomic E-state index is 15.5. The molecule has 3 aromatic carbocycles. The van der Waals surface area contributed by atoms with Gasteiger partial charge in [0, 0.05) is 52.3 Å². The number of fused-ring (bicyclic) bond motifs is 8. The number of halogens is 2. The molecule has 47 heavy (non-hydrogen) atoms. The van der Waals surface area contributed by atoms with Crippen molar-refractivity contribution >= 4 is 26.7 Å². The first kappa shape index (κ1) is 32.4. The van der Waals surface area contributed by atoms with Crippen LogP contribution in [0.4, 0.5) is 8.78 Å². The lowest BCUT2D eigenvalue weighted by Gasteiger charge is -2.26. The third kappa shape index (κ3) is 7.39. The highest BCUT2D eigenvalue weighted by Crippen LogP contribution is 2.37. The smallest absolute Gasteiger partial charge is 0.303 e. The van der Waals surface area contributed by atoms with E-state index in [9.17, 15) is 18.3 Å². The Kier molecular flexibility index (Phi) is 8.91. The van der Waals surface area contributed by atoms with Gasteiger partial charge in [-0.2, -0.15) is 5.10 Å². The zero-order chi connectivity index (χ0) is 33.3. The van der Waals surface area contributed by atoms with Crippen LogP contribution >= 0.6 is 0 Å². The average molecular weight is 664 g/mol. The molecular weight excluding hydrogens is 628 g/mol. The van der Waals surface area contributed by atoms with Gasteiger partial charge in [0.15, 0.2) is 21.4 Å². The van der Waals surface area contributed by atoms with E-state index in [0.29, 0.717) is 28.6 Å². The van der Waals surface area contributed by atoms with Gasteiger partial charge in [-0.05, 0) is 54.3 Å². The summed E-state index contributed by atoms with van der Waals surface area (Å²) in [5.74, 6) is -2.52. The maximum Gasteiger partial charge on any atom is 0.303 e. The molecule has 0 saturated heterocycles. The zero-order valence-corrected chi connectivity index (χ0v) is 26.8. The van der Waals surface area contributed by atoms with E-state index < -0.39 is 38.9 Å². The number of hydrogen-bond acceptors (Lipinski definition) is 6. The van der Waals surface area contributed by atoms with Crippen LogP contribution in [0.2, 0.25) is 0 Å². The van der Waals surface area contributed by atoms with E-state index in [1.807, 2.05) is 38.1 Å². The van der Waals surface area contributed by atoms with Gasteiger partial charge in [-0.25, -0.2) is 17.2 Å². The third-order valence-corrected chi connectivity index (χ3v) is 10.3. The molecule has 0 radical (unpaired) electrons. The minimum atomic E-state index is -3.64. The Hall–Kier alpha value is -4.55. The molecule has 4 bridgehead atoms. The van der Waals surface area contributed by atoms with E-state index >= 15 is 8.78 Å². The van der Waals surface area contributed by atoms with Crippen LogP contribution in [-0.2, 0) is 32.2 Å². The number of aliphatic carboxylic acids is 1. The fourth-order valence-electron chi connectivity index (χ4n) is 6.07. The van der Waals surface area contributed by atoms with Crippen LogP contribution in [0.25, 0.3) is 22.2 Å². The Bertz CT molecular complexity index is 2050. The highest BCUT2D eigenvalue weighted by molar-refractivity contribution is 7.91. The molecule has 1 unspecified atom stereocenters. The topological polar surface area (TPSA) is 124 Å². The van der Waals surface area contributed by atoms with Gasteiger partial charge in [0.2, 0.25) is 0 Å². The van der Waals surface area contributed by atoms with Gasteiger partial charge in [0.1, 0.15) is 17.6 Å². The van der Waals surface area contributed by atoms with E-state index in [1.165, 1.54) is 24.3 Å². The molecule has 2 aromatic heterocycles. The summed E-state index contributed by atoms with van der Waals surface area (Å²) in [4.78, 5) is 14.2. The van der Waals surface area contributed by atoms with Crippen molar-refractivity contribution < 1.29 is 36.6 Å². The van der Waals surface area contributed by atoms with Gasteiger partial charge >= 0.3 is 5.97 Å². The Labute approximate surface area is 271 Å². The summed E-state index contributed by atoms with van der Waals surface area (Å²) in [6.45, 7) is 3.86. The second-order valence-corrected chi connectivity index (χ2v) is 14.9. The number of nitrogens with zero attached hydrogens (tertiary/aromatic N) is 2. The van der Waals surface area contributed by atoms with Crippen LogP contribution < -0.4 is 4.74 Å². The lowest BCUT2D eigenvalue weighted by Crippen LogP contribution is -2.32. The van der Waals surface area contributed by atoms with Gasteiger partial charge < -0.3 is 19.6 Å². The van der Waals surface area contributed by atoms with E-state index in [2.05, 4.69) is 4.98 Å². The van der Waals surface area contributed by atoms with Gasteiger partial charge in [-0.1, -0.05) is 38.1 Å². The highest BCUT2D eigenvalue weighted by atomic mass is 32.2. The molecule has 0 fully saturated rings. The van der Waals surface area contributed by atoms with Crippen molar-refractivity contribution in [1.29, 1.82) is 0 Å². The number of rotatable bonds is 4. The first-order valence-electron chi connectivity index (χ1n) is 15.3. The van der Waals surface area contributed by atoms with Crippen LogP contribution in [0.5, 0.6) is 11.5 Å². The number of aryl methyl sites for hydroxylation is 2. The number of sulfone groups is 1. The molecule has 1 atom stereocenters. The molecule has 9 nitrogen and oxygen atoms in total. The summed E-state index contributed by atoms with van der Waals surface area (Å²) in [6.07, 6.45) is 3.66. The number of carboxylic acids is 1. The van der Waals surface area contributed by atoms with E-state index in [1.54, 1.807) is 29.2 Å². The fourth-order valence-corrected chi connectivity index (χ4v) is 8.00. The predicted molar refractivity (Wildman–Crippen MR) is 173 cm³/mol. The number of hydrogen-bond donors (Lipinski definition) is 2. The lowest BCUT2D eigenvalue weighted by molar-refractivity contribution is -0.136. The van der Waals surface area contributed by atoms with Crippen LogP contribution in [0.15, 0.2) is 73.1 Å². The summed E-state index contributed by atoms with van der Waals surface area (Å²) in [7, 11) is -3.64. The Morgan fingerprint density at radius 3 is 2.74 bits per heavy atom. The molecule has 0 spiro atoms. The van der Waals surface area contributed by atoms with Crippen LogP contribution in [0.3, 0.4) is 0 Å². The minimum Gasteiger partial charge on any atom is -0.481 e. The van der Waals surface area contributed by atoms with Crippen molar-refractivity contribution in [3.05, 3.63) is 101 Å². The highest BCUT2D eigenvalue weighted by Gasteiger charge is 2.29. The first-order chi connectivity index (χ1) is 22.4. The summed E-state index contributed by atoms with van der Waals surface area (Å²) in [5, 5.41) is 14.5. The molecule has 2 N–H and O–H groups in total. The number of carboxylic acid groups (broad SMARTS) is 1. The normalized spacial score (nSPS) is 18.1. The van der Waals surface area contributed by atoms with Gasteiger partial charge in [-0.15, -0.1) is 0 Å². The van der Waals surface area contributed by atoms with Crippen molar-refractivity contribution in [1.82, 2.24) is 14.8 Å². The number of aromatic nitrogens is 3. The molecular formula is C35H35F2N3O6S. The van der Waals surface area contributed by atoms with Crippen molar-refractivity contribution in [2.75, 3.05) is 24.7 Å². The number of nitrogens with one attached hydrogen (secondary N) is 1. The number of carbonyl (C=O) groups is 1. The summed E-state index contributed by atoms with van der Waals surface area (Å²) < 4.78 is 71.6. The molecule has 1 aliphatic heterocycles. The zero-order valence-electron chi connectivity index (χ0n) is 26.0. The van der Waals surface area contributed by atoms with Crippen molar-refractivity contribution in [2.45, 2.75) is 39.2 Å². The maximum absolute atomic E-state index is 15.5. The SMILES string of the molecule is CC1(C)COCC(c2cccc(CCC(=O)O)c2)n2ccc(n2)-c2cc(ccc2F)Oc2c(F)cc3[nH]ccc3c2CCS(=O)(=O)C1. The summed E-state index contributed by atoms with van der Waals surface area (Å²) >= 11 is 0. The van der Waals surface area contributed by atoms with E-state index in [0.717, 1.165) is 11.1 Å². The minimum absolute atomic E-state index is 0.000528. The lowest BCUT2D eigenvalue weighted by atomic mass is 9.98. The molecule has 1 aliphatic rings. The van der Waals surface area contributed by atoms with Crippen molar-refractivity contribution in [3.63, 3.8) is 0 Å². The van der Waals surface area contributed by atoms with E-state index in [-0.39, 0.29) is 54.6 Å². The number of benzene rings is 3. The van der Waals surface area contributed by atoms with E-state index in [4.69, 9.17) is 14.6 Å². The Balaban J connectivity index is 1.44. The first-order valence-corrected chi connectivity index (χ1v) is 17.1. The number of H-pyrrole nitrogens is 1. The quantitative estimate of drug-likeness (QED) is 0.219. The van der Waals surface area contributed by atoms with Gasteiger partial charge in [-0.3, -0.25) is 9.48 Å². The van der Waals surface area contributed by atoms with Gasteiger partial charge in [0.05, 0.1) is 30.4 Å². The molecule has 6 rings (SSSR count). The second-order valence-electron chi connectivity index (χ2n) is 12.7. The number of ether oxygens (including phenoxy) is 2. The summed E-state index contributed by atoms with van der Waals surface area (Å²) in [6, 6.07) is 15.7. The summed E-state index contributed by atoms with van der Waals surface area (Å²) in [5.41, 5.74) is 2.19. The van der Waals surface area contributed by atoms with Gasteiger partial charge in [0.25, 0.3) is 0 Å². The standard InChI is InChI=1S/C35H35F2N3O6S/c1-35(2)20-45-19-32(23-5-3-4-22(16-23)6-9-33(41)42)40-14-11-30(39-40)27-17-24(7-8-28(27)36)46-34-26(12-15-47(43,44)21-35)25-10-13-38-31(25)18-29(34)37/h3-5,7-8,10-11,13-14,16-18,32,38H,6,9,12,15,19-21H2,1-2H3,(H,41,42). The molecule has 0 amide bonds. The van der Waals surface area contributed by atoms with Crippen LogP contribution in [0.1, 0.15) is 43.0 Å². The monoisotopic (exact) mass is 663 g/mol. The average Bonchev–Trinajstić information content (AvgIpc) is 3.68. The third-order valence-electron chi connectivity index (χ3n) is 8.23. The predicted octanol–water partition coefficient (Wildman–Crippen LogP) is 6.72. The Morgan fingerprint density at radius 2 is 1.94 bits per heavy atom. The fraction of sp³-hybridized carbons (Fsp3) is 0.314. The molecule has 5 aromatic rings. The Morgan fingerprint density at radius 1 is 1.11 bits per heavy atom. The molecule has 0 saturated carbocycles. The molecule has 12 heteroatoms. The molecule has 3 heterocycles. The molecule has 246 valence electrons. The second kappa shape index (κ2) is 12.9. The van der Waals surface area contributed by atoms with Crippen LogP contribution in [-0.4, -0.2) is 59.0 Å². The van der Waals surface area contributed by atoms with Crippen molar-refractivity contribution in [3.8, 4) is 22.8 Å². The number of aromatic amines is 1. The van der Waals surface area contributed by atoms with Crippen LogP contribution in [0, 0.1) is 17.0 Å². The van der Waals surface area contributed by atoms with Crippen molar-refractivity contribution in [2.24, 2.45) is 5.41 Å².